The van der Waals surface area contributed by atoms with Gasteiger partial charge in [-0.25, -0.2) is 0 Å². The second-order valence-electron chi connectivity index (χ2n) is 4.72. The van der Waals surface area contributed by atoms with Crippen LogP contribution >= 0.6 is 0 Å². The second kappa shape index (κ2) is 5.74. The van der Waals surface area contributed by atoms with Gasteiger partial charge in [0.2, 0.25) is 0 Å². The molecule has 0 unspecified atom stereocenters. The minimum Gasteiger partial charge on any atom is -0.496 e. The molecule has 4 nitrogen and oxygen atoms in total. The highest BCUT2D eigenvalue weighted by Crippen LogP contribution is 2.20. The first-order valence-electron chi connectivity index (χ1n) is 6.37. The molecule has 0 N–H and O–H groups in total. The van der Waals surface area contributed by atoms with Gasteiger partial charge in [0.1, 0.15) is 5.75 Å². The van der Waals surface area contributed by atoms with Gasteiger partial charge in [0, 0.05) is 11.8 Å². The van der Waals surface area contributed by atoms with E-state index in [1.807, 2.05) is 19.1 Å². The molecule has 0 saturated heterocycles. The number of hydrogen-bond acceptors (Lipinski definition) is 3. The van der Waals surface area contributed by atoms with E-state index in [0.717, 1.165) is 11.3 Å². The van der Waals surface area contributed by atoms with Gasteiger partial charge in [0.15, 0.2) is 5.78 Å². The highest BCUT2D eigenvalue weighted by molar-refractivity contribution is 5.98. The molecule has 0 aliphatic rings. The number of ether oxygens (including phenoxy) is 1. The third-order valence-electron chi connectivity index (χ3n) is 3.23. The molecule has 1 heterocycles. The molecule has 2 aromatic rings. The lowest BCUT2D eigenvalue weighted by molar-refractivity contribution is 0.0967. The first kappa shape index (κ1) is 14.1. The Hall–Kier alpha value is -2.36. The number of benzene rings is 1. The van der Waals surface area contributed by atoms with Crippen LogP contribution in [0.2, 0.25) is 0 Å². The van der Waals surface area contributed by atoms with Crippen molar-refractivity contribution in [3.8, 4) is 5.75 Å². The highest BCUT2D eigenvalue weighted by atomic mass is 16.5. The largest absolute Gasteiger partial charge is 0.496 e. The molecule has 0 spiro atoms. The Balaban J connectivity index is 2.36. The van der Waals surface area contributed by atoms with Crippen LogP contribution in [0.1, 0.15) is 21.6 Å². The summed E-state index contributed by atoms with van der Waals surface area (Å²) in [7, 11) is 1.53. The molecule has 0 aliphatic heterocycles. The third kappa shape index (κ3) is 2.79. The maximum Gasteiger partial charge on any atom is 0.251 e. The molecule has 0 bridgehead atoms. The van der Waals surface area contributed by atoms with E-state index < -0.39 is 0 Å². The van der Waals surface area contributed by atoms with E-state index in [1.165, 1.54) is 17.7 Å². The average Bonchev–Trinajstić information content (AvgIpc) is 2.42. The van der Waals surface area contributed by atoms with Crippen LogP contribution in [0.15, 0.2) is 41.2 Å². The predicted molar refractivity (Wildman–Crippen MR) is 77.5 cm³/mol. The minimum atomic E-state index is -0.176. The Morgan fingerprint density at radius 2 is 1.95 bits per heavy atom. The minimum absolute atomic E-state index is 0.0188. The molecule has 0 aliphatic carbocycles. The Morgan fingerprint density at radius 1 is 1.20 bits per heavy atom. The maximum atomic E-state index is 12.4. The van der Waals surface area contributed by atoms with Crippen LogP contribution < -0.4 is 10.3 Å². The van der Waals surface area contributed by atoms with E-state index in [1.54, 1.807) is 25.1 Å². The van der Waals surface area contributed by atoms with Gasteiger partial charge in [-0.3, -0.25) is 9.59 Å². The summed E-state index contributed by atoms with van der Waals surface area (Å²) in [6.45, 7) is 3.76. The van der Waals surface area contributed by atoms with Gasteiger partial charge < -0.3 is 9.30 Å². The van der Waals surface area contributed by atoms with Crippen LogP contribution in [-0.4, -0.2) is 17.5 Å². The van der Waals surface area contributed by atoms with Crippen LogP contribution in [0.3, 0.4) is 0 Å². The number of pyridine rings is 1. The fraction of sp³-hybridized carbons (Fsp3) is 0.250. The van der Waals surface area contributed by atoms with E-state index >= 15 is 0 Å². The number of aromatic nitrogens is 1. The molecule has 4 heteroatoms. The van der Waals surface area contributed by atoms with Crippen molar-refractivity contribution >= 4 is 5.78 Å². The van der Waals surface area contributed by atoms with E-state index in [9.17, 15) is 9.59 Å². The first-order chi connectivity index (χ1) is 9.52. The number of ketones is 1. The molecule has 0 amide bonds. The zero-order chi connectivity index (χ0) is 14.7. The van der Waals surface area contributed by atoms with Gasteiger partial charge in [-0.15, -0.1) is 0 Å². The van der Waals surface area contributed by atoms with Crippen LogP contribution in [0.5, 0.6) is 5.75 Å². The van der Waals surface area contributed by atoms with Crippen molar-refractivity contribution < 1.29 is 9.53 Å². The molecule has 1 aromatic heterocycles. The van der Waals surface area contributed by atoms with Gasteiger partial charge >= 0.3 is 0 Å². The predicted octanol–water partition coefficient (Wildman–Crippen LogP) is 2.36. The summed E-state index contributed by atoms with van der Waals surface area (Å²) in [6, 6.07) is 10.4. The van der Waals surface area contributed by atoms with Crippen molar-refractivity contribution in [3.05, 3.63) is 63.6 Å². The number of carbonyl (C=O) groups excluding carboxylic acids is 1. The zero-order valence-electron chi connectivity index (χ0n) is 11.8. The summed E-state index contributed by atoms with van der Waals surface area (Å²) >= 11 is 0. The molecule has 0 fully saturated rings. The maximum absolute atomic E-state index is 12.4. The lowest BCUT2D eigenvalue weighted by Crippen LogP contribution is -2.25. The molecule has 0 radical (unpaired) electrons. The number of rotatable bonds is 4. The van der Waals surface area contributed by atoms with Crippen molar-refractivity contribution in [2.45, 2.75) is 20.4 Å². The smallest absolute Gasteiger partial charge is 0.251 e. The van der Waals surface area contributed by atoms with Crippen LogP contribution in [0, 0.1) is 13.8 Å². The average molecular weight is 271 g/mol. The van der Waals surface area contributed by atoms with Crippen LogP contribution in [0.4, 0.5) is 0 Å². The number of Topliss-reactive ketones (excluding diaryl/α,β-unsaturated/α-hetero) is 1. The molecule has 1 aromatic carbocycles. The van der Waals surface area contributed by atoms with Crippen molar-refractivity contribution in [1.29, 1.82) is 0 Å². The van der Waals surface area contributed by atoms with Gasteiger partial charge in [-0.1, -0.05) is 12.1 Å². The molecular formula is C16H17NO3. The standard InChI is InChI=1S/C16H17NO3/c1-11-7-8-13(15(9-11)20-3)14(18)10-17-12(2)5-4-6-16(17)19/h4-9H,10H2,1-3H3. The van der Waals surface area contributed by atoms with E-state index in [-0.39, 0.29) is 17.9 Å². The van der Waals surface area contributed by atoms with Gasteiger partial charge in [-0.05, 0) is 37.6 Å². The third-order valence-corrected chi connectivity index (χ3v) is 3.23. The van der Waals surface area contributed by atoms with E-state index in [0.29, 0.717) is 11.3 Å². The van der Waals surface area contributed by atoms with Crippen molar-refractivity contribution in [3.63, 3.8) is 0 Å². The molecule has 2 rings (SSSR count). The first-order valence-corrected chi connectivity index (χ1v) is 6.37. The molecule has 20 heavy (non-hydrogen) atoms. The van der Waals surface area contributed by atoms with E-state index in [4.69, 9.17) is 4.74 Å². The summed E-state index contributed by atoms with van der Waals surface area (Å²) in [4.78, 5) is 24.2. The van der Waals surface area contributed by atoms with E-state index in [2.05, 4.69) is 0 Å². The van der Waals surface area contributed by atoms with Crippen molar-refractivity contribution in [2.75, 3.05) is 7.11 Å². The lowest BCUT2D eigenvalue weighted by atomic mass is 10.1. The lowest BCUT2D eigenvalue weighted by Gasteiger charge is -2.11. The van der Waals surface area contributed by atoms with Gasteiger partial charge in [0.05, 0.1) is 19.2 Å². The Morgan fingerprint density at radius 3 is 2.60 bits per heavy atom. The quantitative estimate of drug-likeness (QED) is 0.802. The fourth-order valence-electron chi connectivity index (χ4n) is 2.08. The normalized spacial score (nSPS) is 10.3. The van der Waals surface area contributed by atoms with Crippen molar-refractivity contribution in [1.82, 2.24) is 4.57 Å². The van der Waals surface area contributed by atoms with Gasteiger partial charge in [-0.2, -0.15) is 0 Å². The van der Waals surface area contributed by atoms with Crippen molar-refractivity contribution in [2.24, 2.45) is 0 Å². The van der Waals surface area contributed by atoms with Crippen LogP contribution in [0.25, 0.3) is 0 Å². The number of aryl methyl sites for hydroxylation is 2. The van der Waals surface area contributed by atoms with Crippen LogP contribution in [-0.2, 0) is 6.54 Å². The Labute approximate surface area is 117 Å². The molecule has 0 saturated carbocycles. The topological polar surface area (TPSA) is 48.3 Å². The number of carbonyl (C=O) groups is 1. The Bertz CT molecular complexity index is 701. The number of nitrogens with zero attached hydrogens (tertiary/aromatic N) is 1. The SMILES string of the molecule is COc1cc(C)ccc1C(=O)Cn1c(C)cccc1=O. The summed E-state index contributed by atoms with van der Waals surface area (Å²) in [6.07, 6.45) is 0. The fourth-order valence-corrected chi connectivity index (χ4v) is 2.08. The monoisotopic (exact) mass is 271 g/mol. The number of hydrogen-bond donors (Lipinski definition) is 0. The van der Waals surface area contributed by atoms with Gasteiger partial charge in [0.25, 0.3) is 5.56 Å². The summed E-state index contributed by atoms with van der Waals surface area (Å²) < 4.78 is 6.70. The molecule has 0 atom stereocenters. The highest BCUT2D eigenvalue weighted by Gasteiger charge is 2.14. The zero-order valence-corrected chi connectivity index (χ0v) is 11.8. The number of methoxy groups -OCH3 is 1. The second-order valence-corrected chi connectivity index (χ2v) is 4.72. The summed E-state index contributed by atoms with van der Waals surface area (Å²) in [5.74, 6) is 0.398. The summed E-state index contributed by atoms with van der Waals surface area (Å²) in [5.41, 5.74) is 2.10. The molecule has 104 valence electrons. The summed E-state index contributed by atoms with van der Waals surface area (Å²) in [5, 5.41) is 0. The Kier molecular flexibility index (Phi) is 4.03. The molecular weight excluding hydrogens is 254 g/mol.